The van der Waals surface area contributed by atoms with E-state index in [0.29, 0.717) is 0 Å². The molecular weight excluding hydrogens is 172 g/mol. The molecule has 0 amide bonds. The Labute approximate surface area is 55.3 Å². The van der Waals surface area contributed by atoms with Gasteiger partial charge in [-0.15, -0.1) is 11.3 Å². The van der Waals surface area contributed by atoms with E-state index >= 15 is 0 Å². The number of halogens is 1. The normalized spacial score (nSPS) is 9.43. The van der Waals surface area contributed by atoms with Crippen LogP contribution in [0.5, 0.6) is 0 Å². The summed E-state index contributed by atoms with van der Waals surface area (Å²) < 4.78 is 1.15. The third-order valence-electron chi connectivity index (χ3n) is 0.622. The van der Waals surface area contributed by atoms with Gasteiger partial charge in [-0.3, -0.25) is 0 Å². The maximum atomic E-state index is 3.72. The molecule has 1 aromatic heterocycles. The molecule has 0 saturated carbocycles. The van der Waals surface area contributed by atoms with Crippen LogP contribution in [0.4, 0.5) is 0 Å². The molecule has 1 heterocycles. The third kappa shape index (κ3) is 1.28. The van der Waals surface area contributed by atoms with Gasteiger partial charge < -0.3 is 0 Å². The number of rotatable bonds is 0. The number of hydrogen-bond donors (Lipinski definition) is 0. The van der Waals surface area contributed by atoms with E-state index in [2.05, 4.69) is 22.9 Å². The van der Waals surface area contributed by atoms with Crippen molar-refractivity contribution in [2.75, 3.05) is 0 Å². The lowest BCUT2D eigenvalue weighted by Crippen LogP contribution is -1.49. The van der Waals surface area contributed by atoms with Crippen LogP contribution in [0.15, 0.2) is 15.2 Å². The van der Waals surface area contributed by atoms with Crippen LogP contribution in [0, 0.1) is 6.92 Å². The molecule has 7 heavy (non-hydrogen) atoms. The maximum Gasteiger partial charge on any atom is 0.0701 e. The zero-order valence-corrected chi connectivity index (χ0v) is 6.05. The van der Waals surface area contributed by atoms with Crippen molar-refractivity contribution in [3.05, 3.63) is 27.7 Å². The minimum Gasteiger partial charge on any atom is -0.137 e. The Bertz CT molecular complexity index is 140. The second kappa shape index (κ2) is 1.97. The van der Waals surface area contributed by atoms with Crippen LogP contribution in [0.2, 0.25) is 0 Å². The van der Waals surface area contributed by atoms with E-state index in [9.17, 15) is 0 Å². The predicted molar refractivity (Wildman–Crippen MR) is 36.5 cm³/mol. The van der Waals surface area contributed by atoms with Crippen LogP contribution in [0.25, 0.3) is 0 Å². The van der Waals surface area contributed by atoms with Gasteiger partial charge in [-0.1, -0.05) is 0 Å². The SMILES string of the molecule is [CH2]c1csc(Br)c1. The van der Waals surface area contributed by atoms with Gasteiger partial charge in [0.2, 0.25) is 0 Å². The van der Waals surface area contributed by atoms with E-state index in [4.69, 9.17) is 0 Å². The third-order valence-corrected chi connectivity index (χ3v) is 2.18. The zero-order chi connectivity index (χ0) is 5.28. The molecule has 0 fully saturated rings. The molecule has 0 spiro atoms. The summed E-state index contributed by atoms with van der Waals surface area (Å²) in [4.78, 5) is 0. The Hall–Kier alpha value is 0.180. The molecule has 0 atom stereocenters. The number of hydrogen-bond acceptors (Lipinski definition) is 1. The molecule has 0 N–H and O–H groups in total. The van der Waals surface area contributed by atoms with Gasteiger partial charge in [0.1, 0.15) is 0 Å². The highest BCUT2D eigenvalue weighted by Gasteiger charge is 1.86. The molecule has 0 aliphatic rings. The molecule has 1 rings (SSSR count). The Morgan fingerprint density at radius 3 is 2.57 bits per heavy atom. The van der Waals surface area contributed by atoms with Crippen molar-refractivity contribution >= 4 is 27.3 Å². The second-order valence-electron chi connectivity index (χ2n) is 1.26. The maximum absolute atomic E-state index is 3.72. The van der Waals surface area contributed by atoms with Crippen LogP contribution in [-0.2, 0) is 0 Å². The largest absolute Gasteiger partial charge is 0.137 e. The molecule has 0 unspecified atom stereocenters. The van der Waals surface area contributed by atoms with Crippen molar-refractivity contribution in [2.24, 2.45) is 0 Å². The van der Waals surface area contributed by atoms with Gasteiger partial charge in [0.15, 0.2) is 0 Å². The lowest BCUT2D eigenvalue weighted by atomic mass is 10.4. The highest BCUT2D eigenvalue weighted by Crippen LogP contribution is 2.19. The molecule has 0 bridgehead atoms. The minimum atomic E-state index is 1.08. The monoisotopic (exact) mass is 175 g/mol. The average molecular weight is 176 g/mol. The van der Waals surface area contributed by atoms with Crippen molar-refractivity contribution in [3.63, 3.8) is 0 Å². The highest BCUT2D eigenvalue weighted by molar-refractivity contribution is 9.11. The van der Waals surface area contributed by atoms with E-state index in [1.165, 1.54) is 0 Å². The standard InChI is InChI=1S/C5H4BrS/c1-4-2-5(6)7-3-4/h2-3H,1H2. The molecule has 0 aromatic carbocycles. The van der Waals surface area contributed by atoms with Crippen LogP contribution in [0.1, 0.15) is 5.56 Å². The summed E-state index contributed by atoms with van der Waals surface area (Å²) in [5.74, 6) is 0. The first kappa shape index (κ1) is 5.32. The van der Waals surface area contributed by atoms with Gasteiger partial charge in [-0.25, -0.2) is 0 Å². The lowest BCUT2D eigenvalue weighted by molar-refractivity contribution is 1.77. The first-order chi connectivity index (χ1) is 3.29. The van der Waals surface area contributed by atoms with E-state index in [1.807, 2.05) is 11.4 Å². The smallest absolute Gasteiger partial charge is 0.0701 e. The van der Waals surface area contributed by atoms with Crippen molar-refractivity contribution < 1.29 is 0 Å². The number of thiophene rings is 1. The van der Waals surface area contributed by atoms with Crippen molar-refractivity contribution in [2.45, 2.75) is 0 Å². The summed E-state index contributed by atoms with van der Waals surface area (Å²) in [5, 5.41) is 2.00. The topological polar surface area (TPSA) is 0 Å². The van der Waals surface area contributed by atoms with Gasteiger partial charge in [0.05, 0.1) is 3.79 Å². The van der Waals surface area contributed by atoms with Gasteiger partial charge in [-0.05, 0) is 39.9 Å². The fourth-order valence-electron chi connectivity index (χ4n) is 0.346. The molecule has 0 nitrogen and oxygen atoms in total. The fourth-order valence-corrected chi connectivity index (χ4v) is 1.47. The highest BCUT2D eigenvalue weighted by atomic mass is 79.9. The van der Waals surface area contributed by atoms with Crippen molar-refractivity contribution in [1.82, 2.24) is 0 Å². The summed E-state index contributed by atoms with van der Waals surface area (Å²) in [6.45, 7) is 3.72. The second-order valence-corrected chi connectivity index (χ2v) is 3.55. The van der Waals surface area contributed by atoms with E-state index in [-0.39, 0.29) is 0 Å². The molecule has 2 heteroatoms. The molecule has 1 aromatic rings. The van der Waals surface area contributed by atoms with Crippen molar-refractivity contribution in [3.8, 4) is 0 Å². The van der Waals surface area contributed by atoms with Gasteiger partial charge >= 0.3 is 0 Å². The quantitative estimate of drug-likeness (QED) is 0.570. The van der Waals surface area contributed by atoms with E-state index < -0.39 is 0 Å². The lowest BCUT2D eigenvalue weighted by Gasteiger charge is -1.68. The van der Waals surface area contributed by atoms with Crippen LogP contribution in [0.3, 0.4) is 0 Å². The van der Waals surface area contributed by atoms with Crippen LogP contribution in [-0.4, -0.2) is 0 Å². The van der Waals surface area contributed by atoms with Gasteiger partial charge in [0.25, 0.3) is 0 Å². The van der Waals surface area contributed by atoms with Gasteiger partial charge in [0, 0.05) is 0 Å². The zero-order valence-electron chi connectivity index (χ0n) is 3.65. The van der Waals surface area contributed by atoms with Crippen LogP contribution < -0.4 is 0 Å². The molecule has 1 radical (unpaired) electrons. The summed E-state index contributed by atoms with van der Waals surface area (Å²) in [7, 11) is 0. The summed E-state index contributed by atoms with van der Waals surface area (Å²) >= 11 is 4.97. The first-order valence-electron chi connectivity index (χ1n) is 1.85. The summed E-state index contributed by atoms with van der Waals surface area (Å²) in [5.41, 5.74) is 1.08. The van der Waals surface area contributed by atoms with E-state index in [0.717, 1.165) is 9.35 Å². The average Bonchev–Trinajstić information content (AvgIpc) is 1.87. The summed E-state index contributed by atoms with van der Waals surface area (Å²) in [6, 6.07) is 1.99. The Morgan fingerprint density at radius 1 is 1.71 bits per heavy atom. The molecule has 0 saturated heterocycles. The predicted octanol–water partition coefficient (Wildman–Crippen LogP) is 2.69. The minimum absolute atomic E-state index is 1.08. The Balaban J connectivity index is 3.04. The van der Waals surface area contributed by atoms with Gasteiger partial charge in [-0.2, -0.15) is 0 Å². The van der Waals surface area contributed by atoms with Crippen molar-refractivity contribution in [1.29, 1.82) is 0 Å². The Morgan fingerprint density at radius 2 is 2.43 bits per heavy atom. The molecule has 0 aliphatic carbocycles. The Kier molecular flexibility index (Phi) is 1.50. The molecule has 37 valence electrons. The fraction of sp³-hybridized carbons (Fsp3) is 0. The molecule has 0 aliphatic heterocycles. The van der Waals surface area contributed by atoms with Crippen LogP contribution >= 0.6 is 27.3 Å². The summed E-state index contributed by atoms with van der Waals surface area (Å²) in [6.07, 6.45) is 0. The first-order valence-corrected chi connectivity index (χ1v) is 3.52. The van der Waals surface area contributed by atoms with E-state index in [1.54, 1.807) is 11.3 Å². The molecular formula is C5H4BrS.